The van der Waals surface area contributed by atoms with Gasteiger partial charge >= 0.3 is 0 Å². The summed E-state index contributed by atoms with van der Waals surface area (Å²) in [6.07, 6.45) is 1.47. The molecule has 3 aromatic rings. The van der Waals surface area contributed by atoms with Gasteiger partial charge in [-0.2, -0.15) is 4.98 Å². The first-order chi connectivity index (χ1) is 12.5. The highest BCUT2D eigenvalue weighted by Gasteiger charge is 2.06. The molecule has 0 atom stereocenters. The summed E-state index contributed by atoms with van der Waals surface area (Å²) < 4.78 is 0. The molecule has 26 heavy (non-hydrogen) atoms. The average molecular weight is 348 g/mol. The van der Waals surface area contributed by atoms with Crippen molar-refractivity contribution in [2.24, 2.45) is 0 Å². The molecule has 130 valence electrons. The SMILES string of the molecule is O=C([O-])c1cccc(Nc2nccc(Nc3ccccc3C(=O)[O-])n2)c1. The number of rotatable bonds is 6. The Labute approximate surface area is 148 Å². The molecule has 0 aliphatic rings. The molecule has 2 N–H and O–H groups in total. The van der Waals surface area contributed by atoms with E-state index in [4.69, 9.17) is 0 Å². The molecule has 8 nitrogen and oxygen atoms in total. The Balaban J connectivity index is 1.82. The number of carboxylic acid groups (broad SMARTS) is 2. The van der Waals surface area contributed by atoms with Crippen LogP contribution >= 0.6 is 0 Å². The molecule has 0 saturated carbocycles. The third kappa shape index (κ3) is 3.93. The summed E-state index contributed by atoms with van der Waals surface area (Å²) in [7, 11) is 0. The van der Waals surface area contributed by atoms with Crippen molar-refractivity contribution < 1.29 is 19.8 Å². The number of anilines is 4. The minimum Gasteiger partial charge on any atom is -0.545 e. The van der Waals surface area contributed by atoms with Gasteiger partial charge in [-0.05, 0) is 29.8 Å². The van der Waals surface area contributed by atoms with Crippen LogP contribution in [0.5, 0.6) is 0 Å². The van der Waals surface area contributed by atoms with E-state index in [1.807, 2.05) is 0 Å². The average Bonchev–Trinajstić information content (AvgIpc) is 2.62. The lowest BCUT2D eigenvalue weighted by Gasteiger charge is -2.13. The standard InChI is InChI=1S/C18H14N4O4/c23-16(24)11-4-3-5-12(10-11)20-18-19-9-8-15(22-18)21-14-7-2-1-6-13(14)17(25)26/h1-10H,(H,23,24)(H,25,26)(H2,19,20,21,22)/p-2. The summed E-state index contributed by atoms with van der Waals surface area (Å²) in [5.74, 6) is -2.04. The summed E-state index contributed by atoms with van der Waals surface area (Å²) in [5, 5.41) is 27.8. The first kappa shape index (κ1) is 16.9. The van der Waals surface area contributed by atoms with Crippen LogP contribution in [0.1, 0.15) is 20.7 Å². The minimum absolute atomic E-state index is 0.00211. The fraction of sp³-hybridized carbons (Fsp3) is 0. The zero-order valence-corrected chi connectivity index (χ0v) is 13.3. The fourth-order valence-electron chi connectivity index (χ4n) is 2.25. The van der Waals surface area contributed by atoms with Crippen LogP contribution < -0.4 is 20.8 Å². The first-order valence-electron chi connectivity index (χ1n) is 7.52. The molecule has 0 bridgehead atoms. The second kappa shape index (κ2) is 7.31. The zero-order valence-electron chi connectivity index (χ0n) is 13.3. The highest BCUT2D eigenvalue weighted by atomic mass is 16.4. The van der Waals surface area contributed by atoms with Crippen LogP contribution in [0.4, 0.5) is 23.1 Å². The van der Waals surface area contributed by atoms with E-state index in [0.29, 0.717) is 17.2 Å². The topological polar surface area (TPSA) is 130 Å². The Morgan fingerprint density at radius 3 is 2.46 bits per heavy atom. The van der Waals surface area contributed by atoms with E-state index in [0.717, 1.165) is 0 Å². The van der Waals surface area contributed by atoms with Crippen molar-refractivity contribution in [2.45, 2.75) is 0 Å². The minimum atomic E-state index is -1.31. The van der Waals surface area contributed by atoms with Crippen molar-refractivity contribution in [1.29, 1.82) is 0 Å². The highest BCUT2D eigenvalue weighted by molar-refractivity contribution is 5.93. The molecule has 0 fully saturated rings. The second-order valence-electron chi connectivity index (χ2n) is 5.22. The van der Waals surface area contributed by atoms with Crippen molar-refractivity contribution in [1.82, 2.24) is 9.97 Å². The summed E-state index contributed by atoms with van der Waals surface area (Å²) >= 11 is 0. The molecule has 3 rings (SSSR count). The van der Waals surface area contributed by atoms with Crippen LogP contribution in [0, 0.1) is 0 Å². The Morgan fingerprint density at radius 1 is 0.885 bits per heavy atom. The van der Waals surface area contributed by atoms with Gasteiger partial charge in [-0.3, -0.25) is 0 Å². The number of nitrogens with zero attached hydrogens (tertiary/aromatic N) is 2. The number of hydrogen-bond acceptors (Lipinski definition) is 8. The van der Waals surface area contributed by atoms with Gasteiger partial charge in [0.25, 0.3) is 0 Å². The number of carboxylic acids is 2. The lowest BCUT2D eigenvalue weighted by atomic mass is 10.2. The van der Waals surface area contributed by atoms with Gasteiger partial charge in [0.2, 0.25) is 5.95 Å². The third-order valence-corrected chi connectivity index (χ3v) is 3.42. The number of para-hydroxylation sites is 1. The quantitative estimate of drug-likeness (QED) is 0.665. The van der Waals surface area contributed by atoms with Gasteiger partial charge < -0.3 is 30.4 Å². The molecule has 1 heterocycles. The lowest BCUT2D eigenvalue weighted by molar-refractivity contribution is -0.256. The van der Waals surface area contributed by atoms with E-state index < -0.39 is 11.9 Å². The molecule has 2 aromatic carbocycles. The molecular weight excluding hydrogens is 336 g/mol. The Kier molecular flexibility index (Phi) is 4.75. The van der Waals surface area contributed by atoms with E-state index in [2.05, 4.69) is 20.6 Å². The monoisotopic (exact) mass is 348 g/mol. The maximum atomic E-state index is 11.2. The molecule has 0 saturated heterocycles. The molecule has 0 spiro atoms. The van der Waals surface area contributed by atoms with Crippen LogP contribution in [0.15, 0.2) is 60.8 Å². The lowest BCUT2D eigenvalue weighted by Crippen LogP contribution is -2.23. The number of nitrogens with one attached hydrogen (secondary N) is 2. The smallest absolute Gasteiger partial charge is 0.229 e. The maximum absolute atomic E-state index is 11.2. The van der Waals surface area contributed by atoms with Crippen LogP contribution in [0.2, 0.25) is 0 Å². The molecule has 0 aliphatic carbocycles. The van der Waals surface area contributed by atoms with Crippen LogP contribution in [0.3, 0.4) is 0 Å². The number of carbonyl (C=O) groups excluding carboxylic acids is 2. The summed E-state index contributed by atoms with van der Waals surface area (Å²) in [4.78, 5) is 30.4. The molecule has 8 heteroatoms. The van der Waals surface area contributed by atoms with Crippen LogP contribution in [-0.4, -0.2) is 21.9 Å². The van der Waals surface area contributed by atoms with Crippen molar-refractivity contribution >= 4 is 35.1 Å². The maximum Gasteiger partial charge on any atom is 0.229 e. The number of aromatic nitrogens is 2. The summed E-state index contributed by atoms with van der Waals surface area (Å²) in [6, 6.07) is 13.9. The van der Waals surface area contributed by atoms with Gasteiger partial charge in [0.15, 0.2) is 0 Å². The third-order valence-electron chi connectivity index (χ3n) is 3.42. The molecule has 0 amide bonds. The van der Waals surface area contributed by atoms with E-state index in [1.54, 1.807) is 36.4 Å². The number of aromatic carboxylic acids is 2. The van der Waals surface area contributed by atoms with Gasteiger partial charge in [0, 0.05) is 23.1 Å². The Morgan fingerprint density at radius 2 is 1.69 bits per heavy atom. The number of hydrogen-bond donors (Lipinski definition) is 2. The predicted molar refractivity (Wildman–Crippen MR) is 90.1 cm³/mol. The largest absolute Gasteiger partial charge is 0.545 e. The molecule has 0 radical (unpaired) electrons. The number of carbonyl (C=O) groups is 2. The van der Waals surface area contributed by atoms with E-state index >= 15 is 0 Å². The van der Waals surface area contributed by atoms with E-state index in [9.17, 15) is 19.8 Å². The van der Waals surface area contributed by atoms with Gasteiger partial charge in [-0.25, -0.2) is 4.98 Å². The van der Waals surface area contributed by atoms with Crippen molar-refractivity contribution in [2.75, 3.05) is 10.6 Å². The summed E-state index contributed by atoms with van der Waals surface area (Å²) in [5.41, 5.74) is 0.824. The van der Waals surface area contributed by atoms with Crippen LogP contribution in [0.25, 0.3) is 0 Å². The van der Waals surface area contributed by atoms with E-state index in [-0.39, 0.29) is 17.1 Å². The Bertz CT molecular complexity index is 975. The first-order valence-corrected chi connectivity index (χ1v) is 7.52. The molecule has 0 unspecified atom stereocenters. The second-order valence-corrected chi connectivity index (χ2v) is 5.22. The molecular formula is C18H12N4O4-2. The van der Waals surface area contributed by atoms with Crippen LogP contribution in [-0.2, 0) is 0 Å². The molecule has 0 aliphatic heterocycles. The molecule has 1 aromatic heterocycles. The zero-order chi connectivity index (χ0) is 18.5. The van der Waals surface area contributed by atoms with Gasteiger partial charge in [-0.15, -0.1) is 0 Å². The summed E-state index contributed by atoms with van der Waals surface area (Å²) in [6.45, 7) is 0. The van der Waals surface area contributed by atoms with Gasteiger partial charge in [0.05, 0.1) is 11.9 Å². The highest BCUT2D eigenvalue weighted by Crippen LogP contribution is 2.21. The number of benzene rings is 2. The fourth-order valence-corrected chi connectivity index (χ4v) is 2.25. The van der Waals surface area contributed by atoms with Gasteiger partial charge in [-0.1, -0.05) is 30.3 Å². The van der Waals surface area contributed by atoms with Crippen molar-refractivity contribution in [3.8, 4) is 0 Å². The van der Waals surface area contributed by atoms with Crippen molar-refractivity contribution in [3.63, 3.8) is 0 Å². The van der Waals surface area contributed by atoms with Crippen molar-refractivity contribution in [3.05, 3.63) is 71.9 Å². The normalized spacial score (nSPS) is 10.2. The predicted octanol–water partition coefficient (Wildman–Crippen LogP) is 0.691. The van der Waals surface area contributed by atoms with E-state index in [1.165, 1.54) is 24.4 Å². The van der Waals surface area contributed by atoms with Gasteiger partial charge in [0.1, 0.15) is 5.82 Å². The Hall–Kier alpha value is -3.94.